The second-order valence-corrected chi connectivity index (χ2v) is 3.68. The molecule has 0 aliphatic carbocycles. The van der Waals surface area contributed by atoms with E-state index in [0.29, 0.717) is 0 Å². The van der Waals surface area contributed by atoms with Crippen LogP contribution < -0.4 is 0 Å². The standard InChI is InChI=1S/C14H20N2/c1-4-13(15-2)14(16-3)11-10-12-8-6-5-7-9-12/h5-9H,4,10-11H2,1-3H3. The third-order valence-electron chi connectivity index (χ3n) is 2.70. The topological polar surface area (TPSA) is 24.7 Å². The average Bonchev–Trinajstić information content (AvgIpc) is 2.35. The number of hydrogen-bond donors (Lipinski definition) is 0. The molecule has 0 saturated heterocycles. The lowest BCUT2D eigenvalue weighted by Crippen LogP contribution is -2.14. The van der Waals surface area contributed by atoms with Gasteiger partial charge >= 0.3 is 0 Å². The molecule has 86 valence electrons. The lowest BCUT2D eigenvalue weighted by atomic mass is 10.0. The summed E-state index contributed by atoms with van der Waals surface area (Å²) in [5.41, 5.74) is 3.61. The number of nitrogens with zero attached hydrogens (tertiary/aromatic N) is 2. The molecule has 2 nitrogen and oxygen atoms in total. The lowest BCUT2D eigenvalue weighted by Gasteiger charge is -2.07. The Morgan fingerprint density at radius 3 is 2.12 bits per heavy atom. The second kappa shape index (κ2) is 6.94. The fourth-order valence-electron chi connectivity index (χ4n) is 1.78. The van der Waals surface area contributed by atoms with Gasteiger partial charge in [-0.3, -0.25) is 9.98 Å². The van der Waals surface area contributed by atoms with Crippen molar-refractivity contribution in [3.8, 4) is 0 Å². The van der Waals surface area contributed by atoms with E-state index in [1.165, 1.54) is 5.56 Å². The highest BCUT2D eigenvalue weighted by Gasteiger charge is 2.05. The molecule has 0 radical (unpaired) electrons. The Hall–Kier alpha value is -1.44. The van der Waals surface area contributed by atoms with Crippen LogP contribution in [0.2, 0.25) is 0 Å². The van der Waals surface area contributed by atoms with Crippen LogP contribution >= 0.6 is 0 Å². The maximum atomic E-state index is 4.33. The molecule has 0 bridgehead atoms. The summed E-state index contributed by atoms with van der Waals surface area (Å²) < 4.78 is 0. The zero-order chi connectivity index (χ0) is 11.8. The summed E-state index contributed by atoms with van der Waals surface area (Å²) in [5, 5.41) is 0. The van der Waals surface area contributed by atoms with Gasteiger partial charge in [0, 0.05) is 14.1 Å². The largest absolute Gasteiger partial charge is 0.291 e. The predicted octanol–water partition coefficient (Wildman–Crippen LogP) is 3.17. The molecular formula is C14H20N2. The Kier molecular flexibility index (Phi) is 5.48. The molecule has 0 N–H and O–H groups in total. The highest BCUT2D eigenvalue weighted by atomic mass is 14.8. The molecule has 1 aromatic carbocycles. The summed E-state index contributed by atoms with van der Waals surface area (Å²) in [6.07, 6.45) is 2.96. The molecule has 0 spiro atoms. The first-order chi connectivity index (χ1) is 7.81. The van der Waals surface area contributed by atoms with Crippen LogP contribution in [-0.2, 0) is 6.42 Å². The molecule has 0 aliphatic rings. The zero-order valence-electron chi connectivity index (χ0n) is 10.4. The first kappa shape index (κ1) is 12.6. The Morgan fingerprint density at radius 2 is 1.62 bits per heavy atom. The number of aryl methyl sites for hydroxylation is 1. The van der Waals surface area contributed by atoms with Crippen molar-refractivity contribution in [2.75, 3.05) is 14.1 Å². The van der Waals surface area contributed by atoms with Crippen LogP contribution in [0.15, 0.2) is 40.3 Å². The van der Waals surface area contributed by atoms with Gasteiger partial charge in [0.05, 0.1) is 11.4 Å². The number of hydrogen-bond acceptors (Lipinski definition) is 2. The monoisotopic (exact) mass is 216 g/mol. The molecular weight excluding hydrogens is 196 g/mol. The van der Waals surface area contributed by atoms with E-state index in [2.05, 4.69) is 41.2 Å². The van der Waals surface area contributed by atoms with Gasteiger partial charge in [-0.2, -0.15) is 0 Å². The summed E-state index contributed by atoms with van der Waals surface area (Å²) in [6, 6.07) is 10.5. The molecule has 0 aliphatic heterocycles. The van der Waals surface area contributed by atoms with Gasteiger partial charge in [0.25, 0.3) is 0 Å². The SMILES string of the molecule is CCC(=NC)C(CCc1ccccc1)=NC. The molecule has 0 atom stereocenters. The molecule has 1 aromatic rings. The van der Waals surface area contributed by atoms with Crippen LogP contribution in [0.1, 0.15) is 25.3 Å². The van der Waals surface area contributed by atoms with Crippen LogP contribution in [0.4, 0.5) is 0 Å². The number of aliphatic imine (C=N–C) groups is 2. The van der Waals surface area contributed by atoms with E-state index >= 15 is 0 Å². The molecule has 1 rings (SSSR count). The van der Waals surface area contributed by atoms with E-state index in [4.69, 9.17) is 0 Å². The van der Waals surface area contributed by atoms with Gasteiger partial charge < -0.3 is 0 Å². The van der Waals surface area contributed by atoms with Gasteiger partial charge in [0.1, 0.15) is 0 Å². The molecule has 0 amide bonds. The summed E-state index contributed by atoms with van der Waals surface area (Å²) in [7, 11) is 3.69. The van der Waals surface area contributed by atoms with E-state index < -0.39 is 0 Å². The molecule has 0 aromatic heterocycles. The second-order valence-electron chi connectivity index (χ2n) is 3.68. The Balaban J connectivity index is 2.60. The molecule has 0 heterocycles. The molecule has 0 saturated carbocycles. The predicted molar refractivity (Wildman–Crippen MR) is 71.8 cm³/mol. The van der Waals surface area contributed by atoms with Gasteiger partial charge in [0.2, 0.25) is 0 Å². The highest BCUT2D eigenvalue weighted by Crippen LogP contribution is 2.05. The van der Waals surface area contributed by atoms with Crippen LogP contribution in [0.3, 0.4) is 0 Å². The first-order valence-corrected chi connectivity index (χ1v) is 5.77. The van der Waals surface area contributed by atoms with Crippen molar-refractivity contribution < 1.29 is 0 Å². The first-order valence-electron chi connectivity index (χ1n) is 5.77. The minimum atomic E-state index is 0.956. The van der Waals surface area contributed by atoms with Crippen LogP contribution in [0.5, 0.6) is 0 Å². The fourth-order valence-corrected chi connectivity index (χ4v) is 1.78. The minimum Gasteiger partial charge on any atom is -0.291 e. The maximum Gasteiger partial charge on any atom is 0.0558 e. The van der Waals surface area contributed by atoms with Crippen molar-refractivity contribution >= 4 is 11.4 Å². The Bertz CT molecular complexity index is 364. The van der Waals surface area contributed by atoms with E-state index in [1.807, 2.05) is 20.2 Å². The summed E-state index contributed by atoms with van der Waals surface area (Å²) >= 11 is 0. The summed E-state index contributed by atoms with van der Waals surface area (Å²) in [6.45, 7) is 2.12. The van der Waals surface area contributed by atoms with E-state index in [0.717, 1.165) is 30.7 Å². The van der Waals surface area contributed by atoms with Crippen molar-refractivity contribution in [3.05, 3.63) is 35.9 Å². The molecule has 0 unspecified atom stereocenters. The van der Waals surface area contributed by atoms with Gasteiger partial charge in [-0.15, -0.1) is 0 Å². The van der Waals surface area contributed by atoms with Crippen molar-refractivity contribution in [2.45, 2.75) is 26.2 Å². The smallest absolute Gasteiger partial charge is 0.0558 e. The van der Waals surface area contributed by atoms with Crippen LogP contribution in [-0.4, -0.2) is 25.5 Å². The van der Waals surface area contributed by atoms with Crippen molar-refractivity contribution in [1.29, 1.82) is 0 Å². The minimum absolute atomic E-state index is 0.956. The van der Waals surface area contributed by atoms with E-state index in [9.17, 15) is 0 Å². The molecule has 2 heteroatoms. The maximum absolute atomic E-state index is 4.33. The van der Waals surface area contributed by atoms with Crippen LogP contribution in [0, 0.1) is 0 Å². The number of rotatable bonds is 5. The van der Waals surface area contributed by atoms with E-state index in [1.54, 1.807) is 0 Å². The zero-order valence-corrected chi connectivity index (χ0v) is 10.4. The van der Waals surface area contributed by atoms with Crippen molar-refractivity contribution in [1.82, 2.24) is 0 Å². The van der Waals surface area contributed by atoms with Gasteiger partial charge in [0.15, 0.2) is 0 Å². The summed E-state index contributed by atoms with van der Waals surface area (Å²) in [4.78, 5) is 8.61. The lowest BCUT2D eigenvalue weighted by molar-refractivity contribution is 1.04. The summed E-state index contributed by atoms with van der Waals surface area (Å²) in [5.74, 6) is 0. The highest BCUT2D eigenvalue weighted by molar-refractivity contribution is 6.42. The number of benzene rings is 1. The average molecular weight is 216 g/mol. The third kappa shape index (κ3) is 3.61. The quantitative estimate of drug-likeness (QED) is 0.675. The van der Waals surface area contributed by atoms with Gasteiger partial charge in [-0.25, -0.2) is 0 Å². The van der Waals surface area contributed by atoms with Crippen molar-refractivity contribution in [3.63, 3.8) is 0 Å². The van der Waals surface area contributed by atoms with Crippen LogP contribution in [0.25, 0.3) is 0 Å². The fraction of sp³-hybridized carbons (Fsp3) is 0.429. The Morgan fingerprint density at radius 1 is 1.00 bits per heavy atom. The third-order valence-corrected chi connectivity index (χ3v) is 2.70. The van der Waals surface area contributed by atoms with E-state index in [-0.39, 0.29) is 0 Å². The normalized spacial score (nSPS) is 12.9. The molecule has 16 heavy (non-hydrogen) atoms. The Labute approximate surface area is 98.1 Å². The van der Waals surface area contributed by atoms with Gasteiger partial charge in [-0.1, -0.05) is 37.3 Å². The van der Waals surface area contributed by atoms with Gasteiger partial charge in [-0.05, 0) is 24.8 Å². The molecule has 0 fully saturated rings. The van der Waals surface area contributed by atoms with Crippen molar-refractivity contribution in [2.24, 2.45) is 9.98 Å².